The third kappa shape index (κ3) is 4.20. The standard InChI is InChI=1S/C17H27FN2/c1-3-7-19-12-15-9-16(18)11-17(10-15)20-8-5-6-14(4-2)13-20/h9-11,14,19H,3-8,12-13H2,1-2H3. The molecule has 1 atom stereocenters. The van der Waals surface area contributed by atoms with Gasteiger partial charge >= 0.3 is 0 Å². The van der Waals surface area contributed by atoms with Gasteiger partial charge < -0.3 is 10.2 Å². The third-order valence-corrected chi connectivity index (χ3v) is 4.16. The number of nitrogens with one attached hydrogen (secondary N) is 1. The zero-order valence-electron chi connectivity index (χ0n) is 12.8. The maximum absolute atomic E-state index is 13.8. The minimum atomic E-state index is -0.116. The molecule has 112 valence electrons. The van der Waals surface area contributed by atoms with Crippen LogP contribution in [0.1, 0.15) is 45.1 Å². The molecule has 0 radical (unpaired) electrons. The van der Waals surface area contributed by atoms with E-state index in [0.29, 0.717) is 0 Å². The van der Waals surface area contributed by atoms with Gasteiger partial charge in [-0.2, -0.15) is 0 Å². The van der Waals surface area contributed by atoms with Crippen molar-refractivity contribution < 1.29 is 4.39 Å². The van der Waals surface area contributed by atoms with Crippen molar-refractivity contribution in [3.8, 4) is 0 Å². The van der Waals surface area contributed by atoms with Crippen molar-refractivity contribution in [2.45, 2.75) is 46.1 Å². The second-order valence-electron chi connectivity index (χ2n) is 5.86. The smallest absolute Gasteiger partial charge is 0.125 e. The minimum Gasteiger partial charge on any atom is -0.371 e. The summed E-state index contributed by atoms with van der Waals surface area (Å²) >= 11 is 0. The summed E-state index contributed by atoms with van der Waals surface area (Å²) in [5, 5.41) is 3.34. The van der Waals surface area contributed by atoms with Gasteiger partial charge in [-0.1, -0.05) is 20.3 Å². The first-order valence-electron chi connectivity index (χ1n) is 7.98. The van der Waals surface area contributed by atoms with Crippen LogP contribution < -0.4 is 10.2 Å². The van der Waals surface area contributed by atoms with Crippen molar-refractivity contribution in [2.24, 2.45) is 5.92 Å². The maximum Gasteiger partial charge on any atom is 0.125 e. The van der Waals surface area contributed by atoms with Crippen LogP contribution in [0.3, 0.4) is 0 Å². The number of rotatable bonds is 6. The number of nitrogens with zero attached hydrogens (tertiary/aromatic N) is 1. The first kappa shape index (κ1) is 15.3. The average Bonchev–Trinajstić information content (AvgIpc) is 2.47. The molecule has 1 aliphatic heterocycles. The molecular weight excluding hydrogens is 251 g/mol. The molecule has 0 aliphatic carbocycles. The molecule has 0 amide bonds. The Balaban J connectivity index is 2.06. The molecule has 1 aromatic carbocycles. The molecule has 1 fully saturated rings. The van der Waals surface area contributed by atoms with Crippen molar-refractivity contribution in [1.82, 2.24) is 5.32 Å². The zero-order chi connectivity index (χ0) is 14.4. The van der Waals surface area contributed by atoms with E-state index >= 15 is 0 Å². The Labute approximate surface area is 122 Å². The lowest BCUT2D eigenvalue weighted by molar-refractivity contribution is 0.404. The molecule has 0 aromatic heterocycles. The van der Waals surface area contributed by atoms with Crippen LogP contribution in [0.15, 0.2) is 18.2 Å². The molecule has 2 nitrogen and oxygen atoms in total. The van der Waals surface area contributed by atoms with Crippen LogP contribution in [-0.4, -0.2) is 19.6 Å². The summed E-state index contributed by atoms with van der Waals surface area (Å²) in [6.07, 6.45) is 4.86. The van der Waals surface area contributed by atoms with Crippen LogP contribution in [0.5, 0.6) is 0 Å². The molecule has 0 spiro atoms. The van der Waals surface area contributed by atoms with Crippen LogP contribution in [-0.2, 0) is 6.54 Å². The van der Waals surface area contributed by atoms with Gasteiger partial charge in [-0.05, 0) is 55.5 Å². The highest BCUT2D eigenvalue weighted by Gasteiger charge is 2.19. The first-order chi connectivity index (χ1) is 9.72. The van der Waals surface area contributed by atoms with Gasteiger partial charge in [-0.15, -0.1) is 0 Å². The molecule has 1 saturated heterocycles. The maximum atomic E-state index is 13.8. The summed E-state index contributed by atoms with van der Waals surface area (Å²) in [5.74, 6) is 0.642. The Morgan fingerprint density at radius 1 is 1.30 bits per heavy atom. The average molecular weight is 278 g/mol. The second-order valence-corrected chi connectivity index (χ2v) is 5.86. The lowest BCUT2D eigenvalue weighted by Crippen LogP contribution is -2.35. The molecule has 0 saturated carbocycles. The van der Waals surface area contributed by atoms with Gasteiger partial charge in [-0.25, -0.2) is 4.39 Å². The summed E-state index contributed by atoms with van der Waals surface area (Å²) in [6.45, 7) is 8.25. The lowest BCUT2D eigenvalue weighted by Gasteiger charge is -2.34. The van der Waals surface area contributed by atoms with Crippen molar-refractivity contribution in [2.75, 3.05) is 24.5 Å². The highest BCUT2D eigenvalue weighted by Crippen LogP contribution is 2.26. The van der Waals surface area contributed by atoms with E-state index in [1.54, 1.807) is 12.1 Å². The van der Waals surface area contributed by atoms with E-state index in [9.17, 15) is 4.39 Å². The molecule has 3 heteroatoms. The monoisotopic (exact) mass is 278 g/mol. The van der Waals surface area contributed by atoms with Gasteiger partial charge in [0.2, 0.25) is 0 Å². The Morgan fingerprint density at radius 2 is 2.15 bits per heavy atom. The fourth-order valence-corrected chi connectivity index (χ4v) is 2.96. The number of piperidine rings is 1. The topological polar surface area (TPSA) is 15.3 Å². The zero-order valence-corrected chi connectivity index (χ0v) is 12.8. The number of hydrogen-bond acceptors (Lipinski definition) is 2. The van der Waals surface area contributed by atoms with E-state index in [4.69, 9.17) is 0 Å². The molecule has 0 bridgehead atoms. The van der Waals surface area contributed by atoms with E-state index in [1.165, 1.54) is 19.3 Å². The predicted molar refractivity (Wildman–Crippen MR) is 83.6 cm³/mol. The van der Waals surface area contributed by atoms with Gasteiger partial charge in [0.25, 0.3) is 0 Å². The van der Waals surface area contributed by atoms with Gasteiger partial charge in [0.15, 0.2) is 0 Å². The number of benzene rings is 1. The molecule has 1 aromatic rings. The summed E-state index contributed by atoms with van der Waals surface area (Å²) in [5.41, 5.74) is 2.10. The number of hydrogen-bond donors (Lipinski definition) is 1. The van der Waals surface area contributed by atoms with Crippen LogP contribution >= 0.6 is 0 Å². The van der Waals surface area contributed by atoms with Gasteiger partial charge in [0.05, 0.1) is 0 Å². The SMILES string of the molecule is CCCNCc1cc(F)cc(N2CCCC(CC)C2)c1. The molecule has 1 aliphatic rings. The Morgan fingerprint density at radius 3 is 2.90 bits per heavy atom. The van der Waals surface area contributed by atoms with E-state index in [0.717, 1.165) is 49.8 Å². The molecular formula is C17H27FN2. The van der Waals surface area contributed by atoms with Crippen molar-refractivity contribution in [3.63, 3.8) is 0 Å². The molecule has 1 N–H and O–H groups in total. The number of halogens is 1. The fraction of sp³-hybridized carbons (Fsp3) is 0.647. The van der Waals surface area contributed by atoms with Crippen LogP contribution in [0.2, 0.25) is 0 Å². The Kier molecular flexibility index (Phi) is 5.84. The quantitative estimate of drug-likeness (QED) is 0.793. The van der Waals surface area contributed by atoms with Gasteiger partial charge in [0.1, 0.15) is 5.82 Å². The first-order valence-corrected chi connectivity index (χ1v) is 7.98. The van der Waals surface area contributed by atoms with Crippen LogP contribution in [0.25, 0.3) is 0 Å². The van der Waals surface area contributed by atoms with E-state index < -0.39 is 0 Å². The minimum absolute atomic E-state index is 0.116. The normalized spacial score (nSPS) is 19.4. The van der Waals surface area contributed by atoms with E-state index in [2.05, 4.69) is 30.1 Å². The lowest BCUT2D eigenvalue weighted by atomic mass is 9.95. The fourth-order valence-electron chi connectivity index (χ4n) is 2.96. The Hall–Kier alpha value is -1.09. The molecule has 20 heavy (non-hydrogen) atoms. The van der Waals surface area contributed by atoms with Crippen molar-refractivity contribution in [1.29, 1.82) is 0 Å². The van der Waals surface area contributed by atoms with Gasteiger partial charge in [-0.3, -0.25) is 0 Å². The van der Waals surface area contributed by atoms with Crippen LogP contribution in [0.4, 0.5) is 10.1 Å². The second kappa shape index (κ2) is 7.63. The van der Waals surface area contributed by atoms with Crippen molar-refractivity contribution >= 4 is 5.69 Å². The van der Waals surface area contributed by atoms with Crippen molar-refractivity contribution in [3.05, 3.63) is 29.6 Å². The summed E-state index contributed by atoms with van der Waals surface area (Å²) in [4.78, 5) is 2.35. The Bertz CT molecular complexity index is 419. The molecule has 1 unspecified atom stereocenters. The van der Waals surface area contributed by atoms with E-state index in [-0.39, 0.29) is 5.82 Å². The summed E-state index contributed by atoms with van der Waals surface area (Å²) in [6, 6.07) is 5.47. The highest BCUT2D eigenvalue weighted by atomic mass is 19.1. The van der Waals surface area contributed by atoms with Gasteiger partial charge in [0, 0.05) is 25.3 Å². The highest BCUT2D eigenvalue weighted by molar-refractivity contribution is 5.49. The number of anilines is 1. The summed E-state index contributed by atoms with van der Waals surface area (Å²) < 4.78 is 13.8. The predicted octanol–water partition coefficient (Wildman–Crippen LogP) is 3.95. The summed E-state index contributed by atoms with van der Waals surface area (Å²) in [7, 11) is 0. The van der Waals surface area contributed by atoms with Crippen LogP contribution in [0, 0.1) is 11.7 Å². The third-order valence-electron chi connectivity index (χ3n) is 4.16. The largest absolute Gasteiger partial charge is 0.371 e. The molecule has 1 heterocycles. The van der Waals surface area contributed by atoms with E-state index in [1.807, 2.05) is 0 Å². The molecule has 2 rings (SSSR count).